The average Bonchev–Trinajstić information content (AvgIpc) is 3.24. The first-order chi connectivity index (χ1) is 28.3. The van der Waals surface area contributed by atoms with Crippen LogP contribution in [-0.2, 0) is 27.5 Å². The number of likely N-dealkylation sites (N-methyl/N-ethyl adjacent to an activating group) is 1. The number of oxime groups is 1. The molecule has 6 unspecified atom stereocenters. The summed E-state index contributed by atoms with van der Waals surface area (Å²) in [5, 5.41) is 27.4. The molecular formula is C46H57N3O9. The van der Waals surface area contributed by atoms with Crippen molar-refractivity contribution in [1.82, 2.24) is 10.2 Å². The first kappa shape index (κ1) is 42.4. The quantitative estimate of drug-likeness (QED) is 0.0626. The molecule has 3 N–H and O–H groups in total. The lowest BCUT2D eigenvalue weighted by atomic mass is 9.55. The maximum atomic E-state index is 13.6. The lowest BCUT2D eigenvalue weighted by Gasteiger charge is -2.59. The van der Waals surface area contributed by atoms with Crippen molar-refractivity contribution in [3.63, 3.8) is 0 Å². The number of nitrogens with zero attached hydrogens (tertiary/aromatic N) is 2. The number of allylic oxidation sites excluding steroid dienone is 1. The van der Waals surface area contributed by atoms with Gasteiger partial charge in [0, 0.05) is 44.7 Å². The van der Waals surface area contributed by atoms with Crippen molar-refractivity contribution in [2.75, 3.05) is 33.5 Å². The molecule has 58 heavy (non-hydrogen) atoms. The van der Waals surface area contributed by atoms with E-state index >= 15 is 0 Å². The molecule has 0 radical (unpaired) electrons. The molecule has 1 aliphatic heterocycles. The van der Waals surface area contributed by atoms with Crippen LogP contribution in [0.25, 0.3) is 0 Å². The maximum absolute atomic E-state index is 13.6. The fraction of sp³-hybridized carbons (Fsp3) is 0.457. The van der Waals surface area contributed by atoms with E-state index in [1.165, 1.54) is 0 Å². The van der Waals surface area contributed by atoms with Crippen LogP contribution in [0.4, 0.5) is 9.59 Å². The number of unbranched alkanes of at least 4 members (excludes halogenated alkanes) is 2. The largest absolute Gasteiger partial charge is 0.459 e. The van der Waals surface area contributed by atoms with E-state index in [0.717, 1.165) is 47.9 Å². The standard InChI is InChI=1S/C46H57N3O9/c1-4-26-55-46-41(49(3)45(53)54-5-2)29-39(48-56-31-33-18-10-7-11-19-33)37-27-34(20-12-14-24-50)36(21-13-15-25-51)42(43(37)46)38-28-35(22-23-40(38)58-46)57-44(52)47-30-32-16-8-6-9-17-32/h4,6-11,16-19,22-23,27-28,34,36,41-43,50-51H,1,5,12-15,20-21,24-26,29-31H2,2-3H3,(H,47,52). The summed E-state index contributed by atoms with van der Waals surface area (Å²) >= 11 is 0. The molecule has 6 rings (SSSR count). The molecule has 2 amide bonds. The molecule has 12 nitrogen and oxygen atoms in total. The maximum Gasteiger partial charge on any atom is 0.412 e. The van der Waals surface area contributed by atoms with E-state index in [1.807, 2.05) is 72.8 Å². The summed E-state index contributed by atoms with van der Waals surface area (Å²) in [5.74, 6) is -1.25. The molecule has 6 atom stereocenters. The molecule has 0 bridgehead atoms. The van der Waals surface area contributed by atoms with Crippen molar-refractivity contribution in [3.8, 4) is 11.5 Å². The highest BCUT2D eigenvalue weighted by Gasteiger charge is 2.65. The Morgan fingerprint density at radius 3 is 2.38 bits per heavy atom. The Balaban J connectivity index is 1.49. The zero-order valence-corrected chi connectivity index (χ0v) is 33.6. The molecule has 310 valence electrons. The number of aliphatic hydroxyl groups is 2. The third-order valence-electron chi connectivity index (χ3n) is 11.4. The summed E-state index contributed by atoms with van der Waals surface area (Å²) in [6.45, 7) is 6.76. The Bertz CT molecular complexity index is 1890. The van der Waals surface area contributed by atoms with Crippen LogP contribution in [-0.4, -0.2) is 78.3 Å². The molecule has 0 saturated heterocycles. The third kappa shape index (κ3) is 9.74. The Morgan fingerprint density at radius 2 is 1.69 bits per heavy atom. The van der Waals surface area contributed by atoms with Crippen molar-refractivity contribution in [1.29, 1.82) is 0 Å². The van der Waals surface area contributed by atoms with Crippen molar-refractivity contribution in [3.05, 3.63) is 120 Å². The third-order valence-corrected chi connectivity index (χ3v) is 11.4. The lowest BCUT2D eigenvalue weighted by Crippen LogP contribution is -2.69. The summed E-state index contributed by atoms with van der Waals surface area (Å²) < 4.78 is 25.5. The van der Waals surface area contributed by atoms with Gasteiger partial charge in [-0.15, -0.1) is 6.58 Å². The van der Waals surface area contributed by atoms with E-state index in [2.05, 4.69) is 18.0 Å². The van der Waals surface area contributed by atoms with Gasteiger partial charge in [0.15, 0.2) is 0 Å². The summed E-state index contributed by atoms with van der Waals surface area (Å²) in [6, 6.07) is 24.1. The number of hydrogen-bond donors (Lipinski definition) is 3. The Hall–Kier alpha value is -5.17. The van der Waals surface area contributed by atoms with Crippen LogP contribution in [0.1, 0.15) is 74.5 Å². The minimum Gasteiger partial charge on any atom is -0.459 e. The number of aliphatic hydroxyl groups excluding tert-OH is 2. The second kappa shape index (κ2) is 20.5. The van der Waals surface area contributed by atoms with Gasteiger partial charge in [0.1, 0.15) is 24.1 Å². The number of ether oxygens (including phenoxy) is 4. The molecule has 1 fully saturated rings. The number of hydrogen-bond acceptors (Lipinski definition) is 10. The summed E-state index contributed by atoms with van der Waals surface area (Å²) in [6.07, 6.45) is 7.51. The van der Waals surface area contributed by atoms with E-state index in [1.54, 1.807) is 31.0 Å². The van der Waals surface area contributed by atoms with E-state index in [4.69, 9.17) is 28.9 Å². The van der Waals surface area contributed by atoms with E-state index in [-0.39, 0.29) is 57.2 Å². The van der Waals surface area contributed by atoms with Crippen LogP contribution in [0.2, 0.25) is 0 Å². The Labute approximate surface area is 341 Å². The van der Waals surface area contributed by atoms with Crippen molar-refractivity contribution in [2.24, 2.45) is 22.9 Å². The number of rotatable bonds is 19. The second-order valence-corrected chi connectivity index (χ2v) is 15.1. The number of benzene rings is 3. The predicted octanol–water partition coefficient (Wildman–Crippen LogP) is 7.90. The summed E-state index contributed by atoms with van der Waals surface area (Å²) in [5.41, 5.74) is 4.32. The number of amides is 2. The molecule has 3 aromatic carbocycles. The lowest BCUT2D eigenvalue weighted by molar-refractivity contribution is -0.253. The molecule has 3 aromatic rings. The van der Waals surface area contributed by atoms with Gasteiger partial charge >= 0.3 is 12.2 Å². The monoisotopic (exact) mass is 795 g/mol. The van der Waals surface area contributed by atoms with Crippen molar-refractivity contribution in [2.45, 2.75) is 82.8 Å². The zero-order valence-electron chi connectivity index (χ0n) is 33.6. The Kier molecular flexibility index (Phi) is 15.0. The van der Waals surface area contributed by atoms with Crippen LogP contribution >= 0.6 is 0 Å². The van der Waals surface area contributed by atoms with E-state index in [0.29, 0.717) is 36.6 Å². The SMILES string of the molecule is C=CCOC12Oc3ccc(OC(=O)NCc4ccccc4)cc3C3C(CCCCO)C(CCCCO)C=C(C(=NOCc4ccccc4)CC1N(C)C(=O)OCC)C32. The molecule has 3 aliphatic rings. The summed E-state index contributed by atoms with van der Waals surface area (Å²) in [4.78, 5) is 34.4. The van der Waals surface area contributed by atoms with Crippen LogP contribution < -0.4 is 14.8 Å². The number of fused-ring (bicyclic) bond motifs is 2. The average molecular weight is 796 g/mol. The minimum absolute atomic E-state index is 0.00800. The molecule has 1 saturated carbocycles. The van der Waals surface area contributed by atoms with E-state index in [9.17, 15) is 19.8 Å². The van der Waals surface area contributed by atoms with Gasteiger partial charge in [0.2, 0.25) is 5.79 Å². The normalized spacial score (nSPS) is 23.7. The van der Waals surface area contributed by atoms with Gasteiger partial charge < -0.3 is 44.2 Å². The fourth-order valence-electron chi connectivity index (χ4n) is 8.82. The van der Waals surface area contributed by atoms with Crippen LogP contribution in [0.3, 0.4) is 0 Å². The van der Waals surface area contributed by atoms with Crippen molar-refractivity contribution < 1.29 is 43.6 Å². The van der Waals surface area contributed by atoms with Crippen LogP contribution in [0.5, 0.6) is 11.5 Å². The predicted molar refractivity (Wildman–Crippen MR) is 220 cm³/mol. The van der Waals surface area contributed by atoms with Gasteiger partial charge in [-0.2, -0.15) is 0 Å². The van der Waals surface area contributed by atoms with Gasteiger partial charge in [0.05, 0.1) is 24.8 Å². The zero-order chi connectivity index (χ0) is 40.9. The molecule has 2 aliphatic carbocycles. The molecular weight excluding hydrogens is 739 g/mol. The minimum atomic E-state index is -1.42. The van der Waals surface area contributed by atoms with E-state index < -0.39 is 29.9 Å². The first-order valence-corrected chi connectivity index (χ1v) is 20.5. The van der Waals surface area contributed by atoms with Gasteiger partial charge in [-0.25, -0.2) is 9.59 Å². The highest BCUT2D eigenvalue weighted by atomic mass is 16.7. The number of nitrogens with one attached hydrogen (secondary N) is 1. The smallest absolute Gasteiger partial charge is 0.412 e. The number of carbonyl (C=O) groups excluding carboxylic acids is 2. The Morgan fingerprint density at radius 1 is 0.983 bits per heavy atom. The summed E-state index contributed by atoms with van der Waals surface area (Å²) in [7, 11) is 1.69. The van der Waals surface area contributed by atoms with Crippen LogP contribution in [0, 0.1) is 17.8 Å². The first-order valence-electron chi connectivity index (χ1n) is 20.5. The molecule has 0 aromatic heterocycles. The molecule has 12 heteroatoms. The number of carbonyl (C=O) groups is 2. The highest BCUT2D eigenvalue weighted by molar-refractivity contribution is 6.03. The highest BCUT2D eigenvalue weighted by Crippen LogP contribution is 2.61. The fourth-order valence-corrected chi connectivity index (χ4v) is 8.82. The molecule has 1 heterocycles. The molecule has 0 spiro atoms. The van der Waals surface area contributed by atoms with Crippen LogP contribution in [0.15, 0.2) is 108 Å². The van der Waals surface area contributed by atoms with Gasteiger partial charge in [-0.3, -0.25) is 0 Å². The second-order valence-electron chi connectivity index (χ2n) is 15.1. The topological polar surface area (TPSA) is 148 Å². The van der Waals surface area contributed by atoms with Gasteiger partial charge in [-0.1, -0.05) is 90.8 Å². The van der Waals surface area contributed by atoms with Gasteiger partial charge in [-0.05, 0) is 79.3 Å². The van der Waals surface area contributed by atoms with Crippen molar-refractivity contribution >= 4 is 17.9 Å². The van der Waals surface area contributed by atoms with Gasteiger partial charge in [0.25, 0.3) is 0 Å².